The molecule has 7 heteroatoms. The Morgan fingerprint density at radius 3 is 2.50 bits per heavy atom. The molecule has 1 aliphatic rings. The number of rotatable bonds is 5. The molecule has 2 N–H and O–H groups in total. The molecule has 1 amide bonds. The number of carbonyl (C=O) groups excluding carboxylic acids is 1. The lowest BCUT2D eigenvalue weighted by Crippen LogP contribution is -2.39. The standard InChI is InChI=1S/C21H29N3O3S/c1-4-17-6-5-11-23(13-17)21(25)20-12-15(2)24(16(20)3)14-18-7-9-19(10-8-18)28(22,26)27/h7-10,12,17H,4-6,11,13-14H2,1-3H3,(H2,22,26,27). The number of piperidine rings is 1. The summed E-state index contributed by atoms with van der Waals surface area (Å²) in [4.78, 5) is 15.2. The highest BCUT2D eigenvalue weighted by molar-refractivity contribution is 7.89. The number of likely N-dealkylation sites (tertiary alicyclic amines) is 1. The molecule has 28 heavy (non-hydrogen) atoms. The first kappa shape index (κ1) is 20.6. The number of primary sulfonamides is 1. The number of amides is 1. The van der Waals surface area contributed by atoms with Crippen molar-refractivity contribution in [2.75, 3.05) is 13.1 Å². The third-order valence-electron chi connectivity index (χ3n) is 5.78. The molecule has 1 aromatic carbocycles. The maximum Gasteiger partial charge on any atom is 0.255 e. The normalized spacial score (nSPS) is 17.7. The van der Waals surface area contributed by atoms with E-state index in [1.54, 1.807) is 12.1 Å². The highest BCUT2D eigenvalue weighted by Gasteiger charge is 2.26. The van der Waals surface area contributed by atoms with Crippen LogP contribution in [0.25, 0.3) is 0 Å². The van der Waals surface area contributed by atoms with Crippen LogP contribution in [0.4, 0.5) is 0 Å². The van der Waals surface area contributed by atoms with Gasteiger partial charge in [0, 0.05) is 31.0 Å². The molecule has 2 aromatic rings. The van der Waals surface area contributed by atoms with Crippen molar-refractivity contribution in [3.63, 3.8) is 0 Å². The summed E-state index contributed by atoms with van der Waals surface area (Å²) < 4.78 is 24.9. The zero-order valence-corrected chi connectivity index (χ0v) is 17.6. The molecule has 1 aliphatic heterocycles. The Bertz CT molecular complexity index is 962. The third kappa shape index (κ3) is 4.31. The number of carbonyl (C=O) groups is 1. The largest absolute Gasteiger partial charge is 0.344 e. The lowest BCUT2D eigenvalue weighted by molar-refractivity contribution is 0.0670. The molecule has 1 unspecified atom stereocenters. The summed E-state index contributed by atoms with van der Waals surface area (Å²) in [5.74, 6) is 0.709. The van der Waals surface area contributed by atoms with Crippen LogP contribution in [0.1, 0.15) is 53.5 Å². The van der Waals surface area contributed by atoms with Crippen molar-refractivity contribution in [1.29, 1.82) is 0 Å². The fourth-order valence-electron chi connectivity index (χ4n) is 3.98. The van der Waals surface area contributed by atoms with Crippen LogP contribution in [0.3, 0.4) is 0 Å². The molecule has 0 spiro atoms. The topological polar surface area (TPSA) is 85.4 Å². The van der Waals surface area contributed by atoms with Gasteiger partial charge in [-0.3, -0.25) is 4.79 Å². The van der Waals surface area contributed by atoms with E-state index in [0.717, 1.165) is 48.4 Å². The van der Waals surface area contributed by atoms with E-state index in [2.05, 4.69) is 11.5 Å². The van der Waals surface area contributed by atoms with Gasteiger partial charge >= 0.3 is 0 Å². The predicted octanol–water partition coefficient (Wildman–Crippen LogP) is 3.06. The molecular weight excluding hydrogens is 374 g/mol. The van der Waals surface area contributed by atoms with E-state index in [-0.39, 0.29) is 10.8 Å². The summed E-state index contributed by atoms with van der Waals surface area (Å²) in [6, 6.07) is 8.52. The van der Waals surface area contributed by atoms with Crippen LogP contribution in [0.5, 0.6) is 0 Å². The smallest absolute Gasteiger partial charge is 0.255 e. The number of hydrogen-bond acceptors (Lipinski definition) is 3. The number of nitrogens with zero attached hydrogens (tertiary/aromatic N) is 2. The molecular formula is C21H29N3O3S. The second kappa shape index (κ2) is 8.09. The van der Waals surface area contributed by atoms with E-state index >= 15 is 0 Å². The first-order chi connectivity index (χ1) is 13.2. The van der Waals surface area contributed by atoms with Crippen LogP contribution in [-0.4, -0.2) is 36.9 Å². The van der Waals surface area contributed by atoms with E-state index < -0.39 is 10.0 Å². The van der Waals surface area contributed by atoms with Crippen LogP contribution >= 0.6 is 0 Å². The van der Waals surface area contributed by atoms with Crippen LogP contribution in [0.15, 0.2) is 35.2 Å². The molecule has 2 heterocycles. The summed E-state index contributed by atoms with van der Waals surface area (Å²) in [5, 5.41) is 5.16. The molecule has 152 valence electrons. The number of benzene rings is 1. The maximum absolute atomic E-state index is 13.1. The second-order valence-electron chi connectivity index (χ2n) is 7.73. The van der Waals surface area contributed by atoms with E-state index in [4.69, 9.17) is 5.14 Å². The highest BCUT2D eigenvalue weighted by Crippen LogP contribution is 2.24. The first-order valence-electron chi connectivity index (χ1n) is 9.78. The van der Waals surface area contributed by atoms with Gasteiger partial charge in [0.1, 0.15) is 0 Å². The van der Waals surface area contributed by atoms with E-state index in [1.165, 1.54) is 18.6 Å². The molecule has 6 nitrogen and oxygen atoms in total. The lowest BCUT2D eigenvalue weighted by atomic mass is 9.95. The summed E-state index contributed by atoms with van der Waals surface area (Å²) in [7, 11) is -3.69. The molecule has 0 saturated carbocycles. The Morgan fingerprint density at radius 1 is 1.21 bits per heavy atom. The molecule has 1 atom stereocenters. The van der Waals surface area contributed by atoms with Crippen molar-refractivity contribution in [3.8, 4) is 0 Å². The van der Waals surface area contributed by atoms with Crippen molar-refractivity contribution in [2.45, 2.75) is 51.5 Å². The first-order valence-corrected chi connectivity index (χ1v) is 11.3. The Kier molecular flexibility index (Phi) is 5.95. The number of aryl methyl sites for hydroxylation is 1. The monoisotopic (exact) mass is 403 g/mol. The third-order valence-corrected chi connectivity index (χ3v) is 6.71. The molecule has 3 rings (SSSR count). The Morgan fingerprint density at radius 2 is 1.89 bits per heavy atom. The molecule has 1 aromatic heterocycles. The maximum atomic E-state index is 13.1. The van der Waals surface area contributed by atoms with Gasteiger partial charge in [0.15, 0.2) is 0 Å². The molecule has 1 saturated heterocycles. The Balaban J connectivity index is 1.81. The summed E-state index contributed by atoms with van der Waals surface area (Å²) >= 11 is 0. The summed E-state index contributed by atoms with van der Waals surface area (Å²) in [6.07, 6.45) is 3.38. The van der Waals surface area contributed by atoms with Crippen LogP contribution in [0, 0.1) is 19.8 Å². The van der Waals surface area contributed by atoms with Gasteiger partial charge in [0.25, 0.3) is 5.91 Å². The summed E-state index contributed by atoms with van der Waals surface area (Å²) in [6.45, 7) is 8.40. The molecule has 0 aliphatic carbocycles. The second-order valence-corrected chi connectivity index (χ2v) is 9.29. The van der Waals surface area contributed by atoms with Crippen molar-refractivity contribution in [3.05, 3.63) is 52.8 Å². The van der Waals surface area contributed by atoms with Gasteiger partial charge < -0.3 is 9.47 Å². The molecule has 0 bridgehead atoms. The fraction of sp³-hybridized carbons (Fsp3) is 0.476. The van der Waals surface area contributed by atoms with Gasteiger partial charge in [-0.2, -0.15) is 0 Å². The van der Waals surface area contributed by atoms with Crippen molar-refractivity contribution in [1.82, 2.24) is 9.47 Å². The Hall–Kier alpha value is -2.12. The van der Waals surface area contributed by atoms with E-state index in [9.17, 15) is 13.2 Å². The number of nitrogens with two attached hydrogens (primary N) is 1. The van der Waals surface area contributed by atoms with Crippen LogP contribution in [0.2, 0.25) is 0 Å². The van der Waals surface area contributed by atoms with Gasteiger partial charge in [-0.25, -0.2) is 13.6 Å². The SMILES string of the molecule is CCC1CCCN(C(=O)c2cc(C)n(Cc3ccc(S(N)(=O)=O)cc3)c2C)C1. The van der Waals surface area contributed by atoms with E-state index in [0.29, 0.717) is 12.5 Å². The Labute approximate surface area is 167 Å². The lowest BCUT2D eigenvalue weighted by Gasteiger charge is -2.32. The van der Waals surface area contributed by atoms with Gasteiger partial charge in [-0.05, 0) is 56.4 Å². The number of hydrogen-bond donors (Lipinski definition) is 1. The quantitative estimate of drug-likeness (QED) is 0.832. The van der Waals surface area contributed by atoms with Crippen molar-refractivity contribution in [2.24, 2.45) is 11.1 Å². The molecule has 1 fully saturated rings. The zero-order chi connectivity index (χ0) is 20.5. The minimum absolute atomic E-state index is 0.101. The number of sulfonamides is 1. The van der Waals surface area contributed by atoms with Crippen molar-refractivity contribution >= 4 is 15.9 Å². The average molecular weight is 404 g/mol. The van der Waals surface area contributed by atoms with Crippen LogP contribution < -0.4 is 5.14 Å². The van der Waals surface area contributed by atoms with Gasteiger partial charge in [0.05, 0.1) is 10.5 Å². The minimum Gasteiger partial charge on any atom is -0.344 e. The average Bonchev–Trinajstić information content (AvgIpc) is 2.95. The van der Waals surface area contributed by atoms with Crippen LogP contribution in [-0.2, 0) is 16.6 Å². The minimum atomic E-state index is -3.69. The number of aromatic nitrogens is 1. The zero-order valence-electron chi connectivity index (χ0n) is 16.8. The van der Waals surface area contributed by atoms with E-state index in [1.807, 2.05) is 24.8 Å². The fourth-order valence-corrected chi connectivity index (χ4v) is 4.50. The van der Waals surface area contributed by atoms with Gasteiger partial charge in [0.2, 0.25) is 10.0 Å². The van der Waals surface area contributed by atoms with Gasteiger partial charge in [-0.15, -0.1) is 0 Å². The highest BCUT2D eigenvalue weighted by atomic mass is 32.2. The summed E-state index contributed by atoms with van der Waals surface area (Å²) in [5.41, 5.74) is 3.67. The predicted molar refractivity (Wildman–Crippen MR) is 110 cm³/mol. The van der Waals surface area contributed by atoms with Gasteiger partial charge in [-0.1, -0.05) is 25.5 Å². The van der Waals surface area contributed by atoms with Crippen molar-refractivity contribution < 1.29 is 13.2 Å². The molecule has 0 radical (unpaired) electrons.